The maximum atomic E-state index is 5.97. The van der Waals surface area contributed by atoms with Crippen LogP contribution in [0.2, 0.25) is 0 Å². The summed E-state index contributed by atoms with van der Waals surface area (Å²) in [6, 6.07) is 6.22. The molecule has 3 rings (SSSR count). The van der Waals surface area contributed by atoms with Gasteiger partial charge in [0, 0.05) is 23.7 Å². The van der Waals surface area contributed by atoms with Gasteiger partial charge in [-0.25, -0.2) is 9.67 Å². The molecular weight excluding hydrogens is 258 g/mol. The molecule has 0 saturated heterocycles. The maximum Gasteiger partial charge on any atom is 0.153 e. The zero-order chi connectivity index (χ0) is 13.2. The Balaban J connectivity index is 1.94. The highest BCUT2D eigenvalue weighted by molar-refractivity contribution is 6.17. The molecule has 2 aromatic rings. The van der Waals surface area contributed by atoms with E-state index in [-0.39, 0.29) is 0 Å². The third-order valence-electron chi connectivity index (χ3n) is 3.43. The van der Waals surface area contributed by atoms with Crippen LogP contribution in [0.5, 0.6) is 0 Å². The number of rotatable bonds is 5. The Morgan fingerprint density at radius 3 is 2.89 bits per heavy atom. The Bertz CT molecular complexity index is 573. The zero-order valence-electron chi connectivity index (χ0n) is 11.1. The molecule has 0 spiro atoms. The van der Waals surface area contributed by atoms with Crippen molar-refractivity contribution in [1.29, 1.82) is 0 Å². The maximum absolute atomic E-state index is 5.97. The second kappa shape index (κ2) is 5.33. The number of halogens is 1. The predicted octanol–water partition coefficient (Wildman–Crippen LogP) is 3.84. The highest BCUT2D eigenvalue weighted by Gasteiger charge is 2.26. The number of nitrogens with zero attached hydrogens (tertiary/aromatic N) is 3. The number of aromatic nitrogens is 3. The summed E-state index contributed by atoms with van der Waals surface area (Å²) in [6.07, 6.45) is 6.61. The van der Waals surface area contributed by atoms with E-state index in [1.54, 1.807) is 0 Å². The summed E-state index contributed by atoms with van der Waals surface area (Å²) in [5.41, 5.74) is 3.40. The van der Waals surface area contributed by atoms with Crippen LogP contribution in [0.1, 0.15) is 49.1 Å². The number of pyridine rings is 1. The topological polar surface area (TPSA) is 30.7 Å². The molecule has 0 radical (unpaired) electrons. The third kappa shape index (κ3) is 2.81. The minimum atomic E-state index is 0.517. The van der Waals surface area contributed by atoms with Crippen LogP contribution in [-0.4, -0.2) is 14.8 Å². The van der Waals surface area contributed by atoms with Gasteiger partial charge >= 0.3 is 0 Å². The van der Waals surface area contributed by atoms with Crippen LogP contribution in [0.15, 0.2) is 24.4 Å². The summed E-state index contributed by atoms with van der Waals surface area (Å²) in [5, 5.41) is 4.63. The van der Waals surface area contributed by atoms with E-state index in [4.69, 9.17) is 11.6 Å². The first-order chi connectivity index (χ1) is 9.30. The molecule has 1 saturated carbocycles. The first-order valence-electron chi connectivity index (χ1n) is 6.92. The number of alkyl halides is 1. The lowest BCUT2D eigenvalue weighted by Crippen LogP contribution is -2.03. The zero-order valence-corrected chi connectivity index (χ0v) is 11.9. The van der Waals surface area contributed by atoms with Crippen LogP contribution in [0.25, 0.3) is 5.82 Å². The summed E-state index contributed by atoms with van der Waals surface area (Å²) < 4.78 is 1.88. The van der Waals surface area contributed by atoms with Gasteiger partial charge in [-0.05, 0) is 43.0 Å². The number of hydrogen-bond acceptors (Lipinski definition) is 2. The molecule has 100 valence electrons. The number of aryl methyl sites for hydroxylation is 1. The van der Waals surface area contributed by atoms with Crippen molar-refractivity contribution in [3.63, 3.8) is 0 Å². The minimum absolute atomic E-state index is 0.517. The Labute approximate surface area is 118 Å². The van der Waals surface area contributed by atoms with Gasteiger partial charge in [-0.15, -0.1) is 11.6 Å². The van der Waals surface area contributed by atoms with Crippen molar-refractivity contribution in [2.45, 2.75) is 44.4 Å². The molecule has 2 heterocycles. The predicted molar refractivity (Wildman–Crippen MR) is 76.9 cm³/mol. The second-order valence-corrected chi connectivity index (χ2v) is 5.44. The Morgan fingerprint density at radius 2 is 2.21 bits per heavy atom. The van der Waals surface area contributed by atoms with Gasteiger partial charge in [-0.2, -0.15) is 5.10 Å². The Morgan fingerprint density at radius 1 is 1.37 bits per heavy atom. The van der Waals surface area contributed by atoms with E-state index in [1.165, 1.54) is 18.5 Å². The molecule has 4 heteroatoms. The van der Waals surface area contributed by atoms with Crippen LogP contribution in [0, 0.1) is 0 Å². The van der Waals surface area contributed by atoms with Crippen molar-refractivity contribution >= 4 is 11.6 Å². The van der Waals surface area contributed by atoms with Gasteiger partial charge in [0.1, 0.15) is 0 Å². The van der Waals surface area contributed by atoms with E-state index in [2.05, 4.69) is 29.1 Å². The quantitative estimate of drug-likeness (QED) is 0.777. The molecule has 0 aromatic carbocycles. The summed E-state index contributed by atoms with van der Waals surface area (Å²) in [6.45, 7) is 2.16. The van der Waals surface area contributed by atoms with E-state index in [1.807, 2.05) is 16.9 Å². The lowest BCUT2D eigenvalue weighted by molar-refractivity contribution is 0.790. The Hall–Kier alpha value is -1.35. The van der Waals surface area contributed by atoms with E-state index in [9.17, 15) is 0 Å². The summed E-state index contributed by atoms with van der Waals surface area (Å²) >= 11 is 5.97. The lowest BCUT2D eigenvalue weighted by atomic mass is 10.2. The largest absolute Gasteiger partial charge is 0.234 e. The normalized spacial score (nSPS) is 14.8. The fourth-order valence-electron chi connectivity index (χ4n) is 2.27. The second-order valence-electron chi connectivity index (χ2n) is 5.17. The molecule has 2 aromatic heterocycles. The van der Waals surface area contributed by atoms with E-state index in [0.717, 1.165) is 29.9 Å². The molecule has 0 N–H and O–H groups in total. The average Bonchev–Trinajstić information content (AvgIpc) is 3.16. The van der Waals surface area contributed by atoms with Gasteiger partial charge in [0.05, 0.1) is 5.69 Å². The van der Waals surface area contributed by atoms with Gasteiger partial charge in [0.15, 0.2) is 5.82 Å². The van der Waals surface area contributed by atoms with Crippen molar-refractivity contribution in [1.82, 2.24) is 14.8 Å². The Kier molecular flexibility index (Phi) is 3.56. The summed E-state index contributed by atoms with van der Waals surface area (Å²) in [4.78, 5) is 4.68. The van der Waals surface area contributed by atoms with Crippen molar-refractivity contribution in [2.75, 3.05) is 0 Å². The molecule has 0 aliphatic heterocycles. The van der Waals surface area contributed by atoms with Crippen LogP contribution in [-0.2, 0) is 12.3 Å². The van der Waals surface area contributed by atoms with Crippen LogP contribution < -0.4 is 0 Å². The molecule has 19 heavy (non-hydrogen) atoms. The van der Waals surface area contributed by atoms with Crippen molar-refractivity contribution in [2.24, 2.45) is 0 Å². The molecule has 1 aliphatic carbocycles. The molecule has 0 amide bonds. The van der Waals surface area contributed by atoms with E-state index < -0.39 is 0 Å². The van der Waals surface area contributed by atoms with E-state index >= 15 is 0 Å². The van der Waals surface area contributed by atoms with Gasteiger partial charge in [0.25, 0.3) is 0 Å². The smallest absolute Gasteiger partial charge is 0.153 e. The average molecular weight is 276 g/mol. The minimum Gasteiger partial charge on any atom is -0.234 e. The van der Waals surface area contributed by atoms with Crippen LogP contribution in [0.4, 0.5) is 0 Å². The monoisotopic (exact) mass is 275 g/mol. The first-order valence-corrected chi connectivity index (χ1v) is 7.45. The van der Waals surface area contributed by atoms with Gasteiger partial charge in [0.2, 0.25) is 0 Å². The molecule has 0 atom stereocenters. The molecule has 1 fully saturated rings. The van der Waals surface area contributed by atoms with Crippen molar-refractivity contribution < 1.29 is 0 Å². The van der Waals surface area contributed by atoms with Gasteiger partial charge in [-0.1, -0.05) is 13.3 Å². The molecule has 1 aliphatic rings. The van der Waals surface area contributed by atoms with Crippen LogP contribution in [0.3, 0.4) is 0 Å². The standard InChI is InChI=1S/C15H18ClN3/c1-2-3-13-8-11(10-16)9-15(17-13)19-7-6-14(18-19)12-4-5-12/h6-9,12H,2-5,10H2,1H3. The van der Waals surface area contributed by atoms with Gasteiger partial charge in [-0.3, -0.25) is 0 Å². The molecule has 3 nitrogen and oxygen atoms in total. The van der Waals surface area contributed by atoms with Gasteiger partial charge < -0.3 is 0 Å². The fraction of sp³-hybridized carbons (Fsp3) is 0.467. The summed E-state index contributed by atoms with van der Waals surface area (Å²) in [7, 11) is 0. The first kappa shape index (κ1) is 12.7. The van der Waals surface area contributed by atoms with Crippen molar-refractivity contribution in [3.8, 4) is 5.82 Å². The highest BCUT2D eigenvalue weighted by Crippen LogP contribution is 2.39. The third-order valence-corrected chi connectivity index (χ3v) is 3.73. The number of hydrogen-bond donors (Lipinski definition) is 0. The molecule has 0 bridgehead atoms. The van der Waals surface area contributed by atoms with Crippen LogP contribution >= 0.6 is 11.6 Å². The lowest BCUT2D eigenvalue weighted by Gasteiger charge is -2.07. The molecule has 0 unspecified atom stereocenters. The molecular formula is C15H18ClN3. The van der Waals surface area contributed by atoms with Crippen molar-refractivity contribution in [3.05, 3.63) is 41.3 Å². The SMILES string of the molecule is CCCc1cc(CCl)cc(-n2ccc(C3CC3)n2)n1. The highest BCUT2D eigenvalue weighted by atomic mass is 35.5. The van der Waals surface area contributed by atoms with E-state index in [0.29, 0.717) is 11.8 Å². The summed E-state index contributed by atoms with van der Waals surface area (Å²) in [5.74, 6) is 2.07. The fourth-order valence-corrected chi connectivity index (χ4v) is 2.43.